The Morgan fingerprint density at radius 1 is 1.14 bits per heavy atom. The fourth-order valence-corrected chi connectivity index (χ4v) is 6.08. The zero-order valence-electron chi connectivity index (χ0n) is 24.5. The first-order valence-electron chi connectivity index (χ1n) is 14.6. The maximum absolute atomic E-state index is 14.6. The molecular weight excluding hydrogens is 557 g/mol. The molecule has 0 radical (unpaired) electrons. The number of nitrogens with one attached hydrogen (secondary N) is 1. The van der Waals surface area contributed by atoms with Crippen molar-refractivity contribution in [1.82, 2.24) is 25.1 Å². The Morgan fingerprint density at radius 3 is 2.58 bits per heavy atom. The minimum atomic E-state index is -4.51. The molecule has 8 nitrogen and oxygen atoms in total. The maximum Gasteiger partial charge on any atom is 0.418 e. The summed E-state index contributed by atoms with van der Waals surface area (Å²) in [6, 6.07) is 10.3. The predicted octanol–water partition coefficient (Wildman–Crippen LogP) is 5.66. The molecular formula is C32H35F3N6O2. The number of fused-ring (bicyclic) bond motifs is 2. The van der Waals surface area contributed by atoms with Gasteiger partial charge in [-0.15, -0.1) is 0 Å². The van der Waals surface area contributed by atoms with E-state index in [1.165, 1.54) is 13.0 Å². The van der Waals surface area contributed by atoms with E-state index in [-0.39, 0.29) is 36.2 Å². The van der Waals surface area contributed by atoms with Gasteiger partial charge in [0.25, 0.3) is 5.56 Å². The van der Waals surface area contributed by atoms with Crippen LogP contribution in [0.2, 0.25) is 0 Å². The van der Waals surface area contributed by atoms with Crippen molar-refractivity contribution in [2.45, 2.75) is 83.6 Å². The van der Waals surface area contributed by atoms with Crippen molar-refractivity contribution >= 4 is 16.7 Å². The molecule has 6 rings (SSSR count). The van der Waals surface area contributed by atoms with Crippen LogP contribution in [0.5, 0.6) is 0 Å². The fourth-order valence-electron chi connectivity index (χ4n) is 6.08. The number of amides is 1. The number of rotatable bonds is 6. The summed E-state index contributed by atoms with van der Waals surface area (Å²) >= 11 is 0. The Balaban J connectivity index is 0.00000180. The lowest BCUT2D eigenvalue weighted by atomic mass is 9.87. The molecule has 3 N–H and O–H groups in total. The van der Waals surface area contributed by atoms with Gasteiger partial charge in [0, 0.05) is 24.3 Å². The predicted molar refractivity (Wildman–Crippen MR) is 157 cm³/mol. The highest BCUT2D eigenvalue weighted by Gasteiger charge is 2.54. The van der Waals surface area contributed by atoms with Gasteiger partial charge in [-0.2, -0.15) is 18.3 Å². The van der Waals surface area contributed by atoms with Crippen LogP contribution in [-0.4, -0.2) is 31.0 Å². The highest BCUT2D eigenvalue weighted by molar-refractivity contribution is 5.94. The summed E-state index contributed by atoms with van der Waals surface area (Å²) in [5.74, 6) is -0.133. The summed E-state index contributed by atoms with van der Waals surface area (Å²) in [6.45, 7) is 5.57. The average molecular weight is 593 g/mol. The SMILES string of the molecule is CC.Cc1cc(CN(C(=O)C2(c3ccc4c(=O)[nH]nc(CN)c4c3)CC2)C2CCCc3cccnc32)ncc1C(F)(F)F. The summed E-state index contributed by atoms with van der Waals surface area (Å²) in [4.78, 5) is 37.5. The Labute approximate surface area is 247 Å². The van der Waals surface area contributed by atoms with Gasteiger partial charge in [0.2, 0.25) is 5.91 Å². The van der Waals surface area contributed by atoms with Crippen LogP contribution in [0.25, 0.3) is 10.8 Å². The Hall–Kier alpha value is -4.12. The summed E-state index contributed by atoms with van der Waals surface area (Å²) in [6.07, 6.45) is 1.62. The third-order valence-corrected chi connectivity index (χ3v) is 8.38. The monoisotopic (exact) mass is 592 g/mol. The minimum absolute atomic E-state index is 0.0447. The molecule has 1 aromatic carbocycles. The van der Waals surface area contributed by atoms with Gasteiger partial charge in [-0.25, -0.2) is 5.10 Å². The van der Waals surface area contributed by atoms with Crippen LogP contribution in [0, 0.1) is 6.92 Å². The lowest BCUT2D eigenvalue weighted by molar-refractivity contribution is -0.139. The molecule has 4 aromatic rings. The van der Waals surface area contributed by atoms with E-state index < -0.39 is 17.2 Å². The van der Waals surface area contributed by atoms with E-state index in [9.17, 15) is 22.8 Å². The molecule has 226 valence electrons. The van der Waals surface area contributed by atoms with Gasteiger partial charge in [-0.05, 0) is 80.0 Å². The number of carbonyl (C=O) groups is 1. The van der Waals surface area contributed by atoms with Crippen molar-refractivity contribution in [3.63, 3.8) is 0 Å². The van der Waals surface area contributed by atoms with Crippen LogP contribution in [0.15, 0.2) is 53.6 Å². The lowest BCUT2D eigenvalue weighted by Gasteiger charge is -2.37. The van der Waals surface area contributed by atoms with E-state index in [4.69, 9.17) is 5.73 Å². The van der Waals surface area contributed by atoms with Gasteiger partial charge in [-0.3, -0.25) is 19.6 Å². The van der Waals surface area contributed by atoms with Crippen LogP contribution in [0.3, 0.4) is 0 Å². The largest absolute Gasteiger partial charge is 0.418 e. The number of nitrogens with zero attached hydrogens (tertiary/aromatic N) is 4. The fraction of sp³-hybridized carbons (Fsp3) is 0.406. The number of aromatic nitrogens is 4. The normalized spacial score (nSPS) is 17.0. The molecule has 1 saturated carbocycles. The second-order valence-electron chi connectivity index (χ2n) is 10.9. The lowest BCUT2D eigenvalue weighted by Crippen LogP contribution is -2.43. The van der Waals surface area contributed by atoms with E-state index in [0.29, 0.717) is 41.4 Å². The van der Waals surface area contributed by atoms with Crippen molar-refractivity contribution in [3.8, 4) is 0 Å². The van der Waals surface area contributed by atoms with Crippen LogP contribution in [0.4, 0.5) is 13.2 Å². The molecule has 1 fully saturated rings. The van der Waals surface area contributed by atoms with Gasteiger partial charge in [0.15, 0.2) is 0 Å². The van der Waals surface area contributed by atoms with E-state index in [0.717, 1.165) is 35.9 Å². The molecule has 0 aliphatic heterocycles. The van der Waals surface area contributed by atoms with E-state index in [2.05, 4.69) is 20.2 Å². The molecule has 2 aliphatic carbocycles. The first kappa shape index (κ1) is 30.3. The molecule has 2 aliphatic rings. The first-order chi connectivity index (χ1) is 20.6. The molecule has 0 saturated heterocycles. The molecule has 11 heteroatoms. The van der Waals surface area contributed by atoms with E-state index in [1.54, 1.807) is 23.2 Å². The van der Waals surface area contributed by atoms with Crippen molar-refractivity contribution in [2.75, 3.05) is 0 Å². The Morgan fingerprint density at radius 2 is 1.91 bits per heavy atom. The van der Waals surface area contributed by atoms with Crippen molar-refractivity contribution in [3.05, 3.63) is 98.5 Å². The number of benzene rings is 1. The van der Waals surface area contributed by atoms with Crippen molar-refractivity contribution < 1.29 is 18.0 Å². The van der Waals surface area contributed by atoms with Gasteiger partial charge in [0.05, 0.1) is 46.0 Å². The highest BCUT2D eigenvalue weighted by Crippen LogP contribution is 2.52. The van der Waals surface area contributed by atoms with Crippen LogP contribution >= 0.6 is 0 Å². The third kappa shape index (κ3) is 5.65. The summed E-state index contributed by atoms with van der Waals surface area (Å²) in [5, 5.41) is 7.59. The van der Waals surface area contributed by atoms with Crippen LogP contribution < -0.4 is 11.3 Å². The highest BCUT2D eigenvalue weighted by atomic mass is 19.4. The Bertz CT molecular complexity index is 1710. The molecule has 3 aromatic heterocycles. The quantitative estimate of drug-likeness (QED) is 0.298. The van der Waals surface area contributed by atoms with Crippen LogP contribution in [0.1, 0.15) is 84.9 Å². The smallest absolute Gasteiger partial charge is 0.327 e. The number of halogens is 3. The number of aromatic amines is 1. The number of aryl methyl sites for hydroxylation is 2. The molecule has 0 spiro atoms. The van der Waals surface area contributed by atoms with Crippen LogP contribution in [-0.2, 0) is 35.9 Å². The number of nitrogens with two attached hydrogens (primary N) is 1. The number of hydrogen-bond donors (Lipinski definition) is 2. The summed E-state index contributed by atoms with van der Waals surface area (Å²) < 4.78 is 40.3. The summed E-state index contributed by atoms with van der Waals surface area (Å²) in [5.41, 5.74) is 7.50. The second kappa shape index (κ2) is 11.9. The number of alkyl halides is 3. The number of H-pyrrole nitrogens is 1. The topological polar surface area (TPSA) is 118 Å². The molecule has 1 unspecified atom stereocenters. The summed E-state index contributed by atoms with van der Waals surface area (Å²) in [7, 11) is 0. The van der Waals surface area contributed by atoms with E-state index in [1.807, 2.05) is 32.0 Å². The molecule has 43 heavy (non-hydrogen) atoms. The average Bonchev–Trinajstić information content (AvgIpc) is 3.82. The first-order valence-corrected chi connectivity index (χ1v) is 14.6. The van der Waals surface area contributed by atoms with Gasteiger partial charge < -0.3 is 10.6 Å². The zero-order chi connectivity index (χ0) is 30.9. The van der Waals surface area contributed by atoms with E-state index >= 15 is 0 Å². The van der Waals surface area contributed by atoms with Crippen molar-refractivity contribution in [2.24, 2.45) is 5.73 Å². The van der Waals surface area contributed by atoms with Crippen molar-refractivity contribution in [1.29, 1.82) is 0 Å². The second-order valence-corrected chi connectivity index (χ2v) is 10.9. The van der Waals surface area contributed by atoms with Gasteiger partial charge in [0.1, 0.15) is 0 Å². The number of carbonyl (C=O) groups excluding carboxylic acids is 1. The zero-order valence-corrected chi connectivity index (χ0v) is 24.5. The number of pyridine rings is 2. The van der Waals surface area contributed by atoms with Gasteiger partial charge >= 0.3 is 6.18 Å². The third-order valence-electron chi connectivity index (χ3n) is 8.38. The molecule has 3 heterocycles. The minimum Gasteiger partial charge on any atom is -0.327 e. The maximum atomic E-state index is 14.6. The standard InChI is InChI=1S/C30H29F3N6O2.C2H6/c1-17-12-20(36-15-23(17)30(31,32)33)16-39(25-6-2-4-18-5-3-11-35-26(18)25)28(41)29(9-10-29)19-7-8-21-22(13-19)24(14-34)37-38-27(21)40;1-2/h3,5,7-8,11-13,15,25H,2,4,6,9-10,14,16,34H2,1H3,(H,38,40);1-2H3. The molecule has 1 atom stereocenters. The number of hydrogen-bond acceptors (Lipinski definition) is 6. The molecule has 0 bridgehead atoms. The Kier molecular flexibility index (Phi) is 8.38. The molecule has 1 amide bonds. The van der Waals surface area contributed by atoms with Gasteiger partial charge in [-0.1, -0.05) is 26.0 Å².